The van der Waals surface area contributed by atoms with E-state index in [1.807, 2.05) is 0 Å². The number of benzene rings is 1. The van der Waals surface area contributed by atoms with Crippen LogP contribution in [0.25, 0.3) is 0 Å². The van der Waals surface area contributed by atoms with E-state index in [9.17, 15) is 9.18 Å². The summed E-state index contributed by atoms with van der Waals surface area (Å²) in [6.45, 7) is 3.22. The molecule has 0 aliphatic carbocycles. The SMILES string of the molecule is CCCCN(Cc1ccc(F)cc1)C(=O)c1ccccn1. The molecule has 0 unspecified atom stereocenters. The number of amides is 1. The van der Waals surface area contributed by atoms with Gasteiger partial charge in [0.25, 0.3) is 5.91 Å². The van der Waals surface area contributed by atoms with Crippen LogP contribution in [0.15, 0.2) is 48.7 Å². The van der Waals surface area contributed by atoms with Crippen LogP contribution in [0.3, 0.4) is 0 Å². The number of unbranched alkanes of at least 4 members (excludes halogenated alkanes) is 1. The fourth-order valence-electron chi connectivity index (χ4n) is 2.06. The minimum atomic E-state index is -0.269. The second-order valence-corrected chi connectivity index (χ2v) is 4.92. The third-order valence-electron chi connectivity index (χ3n) is 3.24. The van der Waals surface area contributed by atoms with Crippen LogP contribution in [0.4, 0.5) is 4.39 Å². The average Bonchev–Trinajstić information content (AvgIpc) is 2.53. The zero-order valence-electron chi connectivity index (χ0n) is 12.1. The standard InChI is InChI=1S/C17H19FN2O/c1-2-3-12-20(13-14-7-9-15(18)10-8-14)17(21)16-6-4-5-11-19-16/h4-11H,2-3,12-13H2,1H3. The molecule has 1 heterocycles. The van der Waals surface area contributed by atoms with Crippen molar-refractivity contribution in [2.24, 2.45) is 0 Å². The molecule has 110 valence electrons. The first kappa shape index (κ1) is 15.2. The highest BCUT2D eigenvalue weighted by atomic mass is 19.1. The predicted octanol–water partition coefficient (Wildman–Crippen LogP) is 3.66. The van der Waals surface area contributed by atoms with E-state index in [1.165, 1.54) is 12.1 Å². The Morgan fingerprint density at radius 3 is 2.57 bits per heavy atom. The van der Waals surface area contributed by atoms with Crippen LogP contribution >= 0.6 is 0 Å². The van der Waals surface area contributed by atoms with Gasteiger partial charge in [0.1, 0.15) is 11.5 Å². The maximum absolute atomic E-state index is 13.0. The van der Waals surface area contributed by atoms with Crippen molar-refractivity contribution >= 4 is 5.91 Å². The molecule has 0 saturated heterocycles. The molecule has 21 heavy (non-hydrogen) atoms. The van der Waals surface area contributed by atoms with Crippen LogP contribution in [-0.2, 0) is 6.54 Å². The van der Waals surface area contributed by atoms with E-state index in [0.29, 0.717) is 18.8 Å². The normalized spacial score (nSPS) is 10.4. The molecule has 0 bridgehead atoms. The molecule has 0 atom stereocenters. The zero-order valence-corrected chi connectivity index (χ0v) is 12.1. The van der Waals surface area contributed by atoms with Crippen molar-refractivity contribution in [2.75, 3.05) is 6.54 Å². The van der Waals surface area contributed by atoms with E-state index in [1.54, 1.807) is 41.4 Å². The quantitative estimate of drug-likeness (QED) is 0.812. The number of carbonyl (C=O) groups is 1. The number of hydrogen-bond acceptors (Lipinski definition) is 2. The summed E-state index contributed by atoms with van der Waals surface area (Å²) in [5.41, 5.74) is 1.35. The highest BCUT2D eigenvalue weighted by Gasteiger charge is 2.16. The fraction of sp³-hybridized carbons (Fsp3) is 0.294. The van der Waals surface area contributed by atoms with Gasteiger partial charge in [-0.05, 0) is 36.2 Å². The first-order chi connectivity index (χ1) is 10.2. The number of nitrogens with zero attached hydrogens (tertiary/aromatic N) is 2. The molecule has 1 amide bonds. The molecule has 3 nitrogen and oxygen atoms in total. The van der Waals surface area contributed by atoms with E-state index >= 15 is 0 Å². The van der Waals surface area contributed by atoms with E-state index in [4.69, 9.17) is 0 Å². The number of pyridine rings is 1. The minimum absolute atomic E-state index is 0.0895. The summed E-state index contributed by atoms with van der Waals surface area (Å²) in [6, 6.07) is 11.5. The Kier molecular flexibility index (Phi) is 5.43. The van der Waals surface area contributed by atoms with Gasteiger partial charge in [-0.1, -0.05) is 31.5 Å². The number of hydrogen-bond donors (Lipinski definition) is 0. The molecule has 2 rings (SSSR count). The van der Waals surface area contributed by atoms with Gasteiger partial charge in [-0.3, -0.25) is 9.78 Å². The summed E-state index contributed by atoms with van der Waals surface area (Å²) in [5.74, 6) is -0.358. The Morgan fingerprint density at radius 2 is 1.95 bits per heavy atom. The molecule has 0 saturated carbocycles. The summed E-state index contributed by atoms with van der Waals surface area (Å²) >= 11 is 0. The second-order valence-electron chi connectivity index (χ2n) is 4.92. The van der Waals surface area contributed by atoms with E-state index < -0.39 is 0 Å². The van der Waals surface area contributed by atoms with Crippen molar-refractivity contribution in [3.63, 3.8) is 0 Å². The lowest BCUT2D eigenvalue weighted by Crippen LogP contribution is -2.32. The van der Waals surface area contributed by atoms with Crippen molar-refractivity contribution in [2.45, 2.75) is 26.3 Å². The number of aromatic nitrogens is 1. The van der Waals surface area contributed by atoms with Crippen LogP contribution in [0.2, 0.25) is 0 Å². The van der Waals surface area contributed by atoms with Crippen molar-refractivity contribution in [3.05, 3.63) is 65.7 Å². The monoisotopic (exact) mass is 286 g/mol. The molecule has 0 spiro atoms. The summed E-state index contributed by atoms with van der Waals surface area (Å²) in [6.07, 6.45) is 3.55. The average molecular weight is 286 g/mol. The van der Waals surface area contributed by atoms with E-state index in [-0.39, 0.29) is 11.7 Å². The first-order valence-corrected chi connectivity index (χ1v) is 7.15. The lowest BCUT2D eigenvalue weighted by molar-refractivity contribution is 0.0735. The van der Waals surface area contributed by atoms with Gasteiger partial charge in [0.15, 0.2) is 0 Å². The maximum atomic E-state index is 13.0. The summed E-state index contributed by atoms with van der Waals surface area (Å²) < 4.78 is 13.0. The predicted molar refractivity (Wildman–Crippen MR) is 80.3 cm³/mol. The van der Waals surface area contributed by atoms with Crippen LogP contribution in [0.5, 0.6) is 0 Å². The van der Waals surface area contributed by atoms with Gasteiger partial charge in [-0.25, -0.2) is 4.39 Å². The number of carbonyl (C=O) groups excluding carboxylic acids is 1. The highest BCUT2D eigenvalue weighted by Crippen LogP contribution is 2.11. The molecule has 0 fully saturated rings. The largest absolute Gasteiger partial charge is 0.333 e. The third-order valence-corrected chi connectivity index (χ3v) is 3.24. The van der Waals surface area contributed by atoms with Gasteiger partial charge >= 0.3 is 0 Å². The number of rotatable bonds is 6. The van der Waals surface area contributed by atoms with Gasteiger partial charge in [-0.2, -0.15) is 0 Å². The maximum Gasteiger partial charge on any atom is 0.272 e. The van der Waals surface area contributed by atoms with Crippen LogP contribution < -0.4 is 0 Å². The molecule has 4 heteroatoms. The minimum Gasteiger partial charge on any atom is -0.333 e. The fourth-order valence-corrected chi connectivity index (χ4v) is 2.06. The van der Waals surface area contributed by atoms with E-state index in [0.717, 1.165) is 18.4 Å². The van der Waals surface area contributed by atoms with Crippen LogP contribution in [-0.4, -0.2) is 22.3 Å². The Labute approximate surface area is 124 Å². The van der Waals surface area contributed by atoms with Crippen molar-refractivity contribution in [3.8, 4) is 0 Å². The Hall–Kier alpha value is -2.23. The molecule has 0 radical (unpaired) electrons. The second kappa shape index (κ2) is 7.53. The summed E-state index contributed by atoms with van der Waals surface area (Å²) in [7, 11) is 0. The third kappa shape index (κ3) is 4.38. The lowest BCUT2D eigenvalue weighted by Gasteiger charge is -2.22. The zero-order chi connectivity index (χ0) is 15.1. The van der Waals surface area contributed by atoms with E-state index in [2.05, 4.69) is 11.9 Å². The molecular formula is C17H19FN2O. The highest BCUT2D eigenvalue weighted by molar-refractivity contribution is 5.92. The summed E-state index contributed by atoms with van der Waals surface area (Å²) in [4.78, 5) is 18.4. The molecule has 1 aromatic heterocycles. The van der Waals surface area contributed by atoms with Gasteiger partial charge < -0.3 is 4.90 Å². The lowest BCUT2D eigenvalue weighted by atomic mass is 10.2. The van der Waals surface area contributed by atoms with Gasteiger partial charge in [0, 0.05) is 19.3 Å². The molecule has 0 aliphatic rings. The van der Waals surface area contributed by atoms with Crippen LogP contribution in [0.1, 0.15) is 35.8 Å². The van der Waals surface area contributed by atoms with Crippen molar-refractivity contribution in [1.82, 2.24) is 9.88 Å². The Balaban J connectivity index is 2.14. The van der Waals surface area contributed by atoms with Crippen LogP contribution in [0, 0.1) is 5.82 Å². The molecule has 0 aliphatic heterocycles. The Morgan fingerprint density at radius 1 is 1.19 bits per heavy atom. The van der Waals surface area contributed by atoms with Gasteiger partial charge in [0.2, 0.25) is 0 Å². The van der Waals surface area contributed by atoms with Gasteiger partial charge in [-0.15, -0.1) is 0 Å². The van der Waals surface area contributed by atoms with Gasteiger partial charge in [0.05, 0.1) is 0 Å². The first-order valence-electron chi connectivity index (χ1n) is 7.15. The number of halogens is 1. The Bertz CT molecular complexity index is 569. The molecule has 1 aromatic carbocycles. The molecular weight excluding hydrogens is 267 g/mol. The molecule has 2 aromatic rings. The van der Waals surface area contributed by atoms with Crippen molar-refractivity contribution in [1.29, 1.82) is 0 Å². The summed E-state index contributed by atoms with van der Waals surface area (Å²) in [5, 5.41) is 0. The van der Waals surface area contributed by atoms with Crippen molar-refractivity contribution < 1.29 is 9.18 Å². The molecule has 0 N–H and O–H groups in total. The topological polar surface area (TPSA) is 33.2 Å². The smallest absolute Gasteiger partial charge is 0.272 e.